The molecule has 15 heavy (non-hydrogen) atoms. The number of hydrogen-bond acceptors (Lipinski definition) is 5. The maximum Gasteiger partial charge on any atom is 0.191 e. The summed E-state index contributed by atoms with van der Waals surface area (Å²) in [5.41, 5.74) is 0.718. The smallest absolute Gasteiger partial charge is 0.191 e. The maximum atomic E-state index is 11.5. The summed E-state index contributed by atoms with van der Waals surface area (Å²) < 4.78 is 28.2. The SMILES string of the molecule is Cc1nc(C2CS(=O)(=O)CCN2)c(C)o1. The summed E-state index contributed by atoms with van der Waals surface area (Å²) in [4.78, 5) is 4.21. The lowest BCUT2D eigenvalue weighted by molar-refractivity contribution is 0.484. The minimum atomic E-state index is -2.93. The predicted octanol–water partition coefficient (Wildman–Crippen LogP) is 0.351. The molecule has 0 bridgehead atoms. The second kappa shape index (κ2) is 3.61. The topological polar surface area (TPSA) is 72.2 Å². The summed E-state index contributed by atoms with van der Waals surface area (Å²) >= 11 is 0. The van der Waals surface area contributed by atoms with Crippen LogP contribution in [0.2, 0.25) is 0 Å². The zero-order chi connectivity index (χ0) is 11.1. The Bertz CT molecular complexity index is 464. The number of oxazole rings is 1. The van der Waals surface area contributed by atoms with Gasteiger partial charge in [0.2, 0.25) is 0 Å². The van der Waals surface area contributed by atoms with Crippen molar-refractivity contribution in [2.75, 3.05) is 18.1 Å². The highest BCUT2D eigenvalue weighted by atomic mass is 32.2. The van der Waals surface area contributed by atoms with Crippen LogP contribution in [0.1, 0.15) is 23.4 Å². The van der Waals surface area contributed by atoms with Crippen LogP contribution < -0.4 is 5.32 Å². The minimum absolute atomic E-state index is 0.111. The van der Waals surface area contributed by atoms with Crippen molar-refractivity contribution in [2.24, 2.45) is 0 Å². The third kappa shape index (κ3) is 2.21. The third-order valence-electron chi connectivity index (χ3n) is 2.49. The van der Waals surface area contributed by atoms with Gasteiger partial charge < -0.3 is 9.73 Å². The Morgan fingerprint density at radius 1 is 1.47 bits per heavy atom. The standard InChI is InChI=1S/C9H14N2O3S/c1-6-9(11-7(2)14-6)8-5-15(12,13)4-3-10-8/h8,10H,3-5H2,1-2H3. The molecule has 6 heteroatoms. The molecule has 2 heterocycles. The van der Waals surface area contributed by atoms with Gasteiger partial charge in [-0.25, -0.2) is 13.4 Å². The Labute approximate surface area is 88.8 Å². The number of aryl methyl sites for hydroxylation is 2. The molecule has 1 unspecified atom stereocenters. The van der Waals surface area contributed by atoms with E-state index in [1.54, 1.807) is 13.8 Å². The zero-order valence-corrected chi connectivity index (χ0v) is 9.60. The van der Waals surface area contributed by atoms with Crippen LogP contribution in [0, 0.1) is 13.8 Å². The molecule has 5 nitrogen and oxygen atoms in total. The van der Waals surface area contributed by atoms with Crippen LogP contribution in [-0.4, -0.2) is 31.5 Å². The quantitative estimate of drug-likeness (QED) is 0.753. The minimum Gasteiger partial charge on any atom is -0.446 e. The lowest BCUT2D eigenvalue weighted by Gasteiger charge is -2.22. The van der Waals surface area contributed by atoms with E-state index in [0.29, 0.717) is 18.2 Å². The second-order valence-corrected chi connectivity index (χ2v) is 6.02. The maximum absolute atomic E-state index is 11.5. The molecule has 2 rings (SSSR count). The molecular weight excluding hydrogens is 216 g/mol. The number of rotatable bonds is 1. The molecule has 0 amide bonds. The number of aromatic nitrogens is 1. The van der Waals surface area contributed by atoms with Gasteiger partial charge in [0.1, 0.15) is 11.5 Å². The summed E-state index contributed by atoms with van der Waals surface area (Å²) in [6.07, 6.45) is 0. The van der Waals surface area contributed by atoms with E-state index in [1.807, 2.05) is 0 Å². The molecule has 1 aliphatic heterocycles. The highest BCUT2D eigenvalue weighted by Crippen LogP contribution is 2.21. The predicted molar refractivity (Wildman–Crippen MR) is 55.4 cm³/mol. The summed E-state index contributed by atoms with van der Waals surface area (Å²) in [6, 6.07) is -0.221. The summed E-state index contributed by atoms with van der Waals surface area (Å²) in [5, 5.41) is 3.14. The van der Waals surface area contributed by atoms with Gasteiger partial charge in [0.25, 0.3) is 0 Å². The number of hydrogen-bond donors (Lipinski definition) is 1. The normalized spacial score (nSPS) is 25.3. The molecule has 1 saturated heterocycles. The lowest BCUT2D eigenvalue weighted by atomic mass is 10.2. The fourth-order valence-corrected chi connectivity index (χ4v) is 3.21. The average molecular weight is 230 g/mol. The van der Waals surface area contributed by atoms with Crippen LogP contribution in [0.15, 0.2) is 4.42 Å². The van der Waals surface area contributed by atoms with Gasteiger partial charge in [-0.15, -0.1) is 0 Å². The van der Waals surface area contributed by atoms with Crippen LogP contribution >= 0.6 is 0 Å². The first-order chi connectivity index (χ1) is 6.98. The molecule has 1 N–H and O–H groups in total. The largest absolute Gasteiger partial charge is 0.446 e. The van der Waals surface area contributed by atoms with Crippen LogP contribution in [0.5, 0.6) is 0 Å². The van der Waals surface area contributed by atoms with Crippen molar-refractivity contribution in [3.8, 4) is 0 Å². The van der Waals surface area contributed by atoms with E-state index < -0.39 is 9.84 Å². The van der Waals surface area contributed by atoms with Crippen LogP contribution in [0.4, 0.5) is 0 Å². The Kier molecular flexibility index (Phi) is 2.56. The molecule has 0 radical (unpaired) electrons. The summed E-state index contributed by atoms with van der Waals surface area (Å²) in [7, 11) is -2.93. The molecule has 0 spiro atoms. The Hall–Kier alpha value is -0.880. The number of nitrogens with zero attached hydrogens (tertiary/aromatic N) is 1. The van der Waals surface area contributed by atoms with Crippen molar-refractivity contribution in [3.63, 3.8) is 0 Å². The van der Waals surface area contributed by atoms with E-state index in [9.17, 15) is 8.42 Å². The monoisotopic (exact) mass is 230 g/mol. The first kappa shape index (κ1) is 10.6. The van der Waals surface area contributed by atoms with E-state index in [2.05, 4.69) is 10.3 Å². The van der Waals surface area contributed by atoms with Gasteiger partial charge in [-0.05, 0) is 6.92 Å². The second-order valence-electron chi connectivity index (χ2n) is 3.80. The molecule has 1 fully saturated rings. The van der Waals surface area contributed by atoms with Crippen molar-refractivity contribution in [2.45, 2.75) is 19.9 Å². The number of nitrogens with one attached hydrogen (secondary N) is 1. The van der Waals surface area contributed by atoms with Gasteiger partial charge in [0.15, 0.2) is 15.7 Å². The average Bonchev–Trinajstić information content (AvgIpc) is 2.43. The van der Waals surface area contributed by atoms with E-state index in [0.717, 1.165) is 5.69 Å². The van der Waals surface area contributed by atoms with Crippen molar-refractivity contribution in [1.82, 2.24) is 10.3 Å². The Balaban J connectivity index is 2.28. The van der Waals surface area contributed by atoms with Crippen LogP contribution in [-0.2, 0) is 9.84 Å². The van der Waals surface area contributed by atoms with Gasteiger partial charge in [0, 0.05) is 13.5 Å². The van der Waals surface area contributed by atoms with Crippen molar-refractivity contribution < 1.29 is 12.8 Å². The van der Waals surface area contributed by atoms with Gasteiger partial charge in [-0.1, -0.05) is 0 Å². The van der Waals surface area contributed by atoms with E-state index in [1.165, 1.54) is 0 Å². The number of sulfone groups is 1. The third-order valence-corrected chi connectivity index (χ3v) is 4.16. The van der Waals surface area contributed by atoms with Gasteiger partial charge in [-0.3, -0.25) is 0 Å². The van der Waals surface area contributed by atoms with E-state index >= 15 is 0 Å². The first-order valence-corrected chi connectivity index (χ1v) is 6.68. The molecule has 84 valence electrons. The summed E-state index contributed by atoms with van der Waals surface area (Å²) in [5.74, 6) is 1.59. The van der Waals surface area contributed by atoms with Crippen molar-refractivity contribution >= 4 is 9.84 Å². The van der Waals surface area contributed by atoms with Crippen LogP contribution in [0.3, 0.4) is 0 Å². The molecule has 1 aliphatic rings. The molecule has 1 aromatic rings. The van der Waals surface area contributed by atoms with Gasteiger partial charge in [0.05, 0.1) is 17.5 Å². The molecule has 0 saturated carbocycles. The highest BCUT2D eigenvalue weighted by molar-refractivity contribution is 7.91. The van der Waals surface area contributed by atoms with Crippen LogP contribution in [0.25, 0.3) is 0 Å². The van der Waals surface area contributed by atoms with Crippen molar-refractivity contribution in [1.29, 1.82) is 0 Å². The molecular formula is C9H14N2O3S. The Morgan fingerprint density at radius 3 is 2.73 bits per heavy atom. The summed E-state index contributed by atoms with van der Waals surface area (Å²) in [6.45, 7) is 4.05. The van der Waals surface area contributed by atoms with E-state index in [4.69, 9.17) is 4.42 Å². The fraction of sp³-hybridized carbons (Fsp3) is 0.667. The molecule has 1 aromatic heterocycles. The molecule has 0 aliphatic carbocycles. The van der Waals surface area contributed by atoms with Crippen molar-refractivity contribution in [3.05, 3.63) is 17.3 Å². The van der Waals surface area contributed by atoms with Gasteiger partial charge in [-0.2, -0.15) is 0 Å². The fourth-order valence-electron chi connectivity index (χ4n) is 1.83. The molecule has 1 atom stereocenters. The first-order valence-electron chi connectivity index (χ1n) is 4.86. The zero-order valence-electron chi connectivity index (χ0n) is 8.78. The Morgan fingerprint density at radius 2 is 2.20 bits per heavy atom. The van der Waals surface area contributed by atoms with E-state index in [-0.39, 0.29) is 17.5 Å². The lowest BCUT2D eigenvalue weighted by Crippen LogP contribution is -2.39. The highest BCUT2D eigenvalue weighted by Gasteiger charge is 2.28. The molecule has 0 aromatic carbocycles. The van der Waals surface area contributed by atoms with Gasteiger partial charge >= 0.3 is 0 Å².